The number of nitrogens with one attached hydrogen (secondary N) is 1. The highest BCUT2D eigenvalue weighted by molar-refractivity contribution is 7.91. The molecule has 0 aliphatic carbocycles. The summed E-state index contributed by atoms with van der Waals surface area (Å²) < 4.78 is 31.3. The van der Waals surface area contributed by atoms with Crippen LogP contribution in [0.3, 0.4) is 0 Å². The van der Waals surface area contributed by atoms with Crippen LogP contribution in [0.4, 0.5) is 5.00 Å². The van der Waals surface area contributed by atoms with E-state index in [1.54, 1.807) is 0 Å². The quantitative estimate of drug-likeness (QED) is 0.647. The number of sulfonamides is 1. The predicted molar refractivity (Wildman–Crippen MR) is 65.1 cm³/mol. The Bertz CT molecular complexity index is 533. The van der Waals surface area contributed by atoms with Gasteiger partial charge in [0, 0.05) is 19.2 Å². The summed E-state index contributed by atoms with van der Waals surface area (Å²) in [6, 6.07) is 2.42. The van der Waals surface area contributed by atoms with Gasteiger partial charge in [-0.3, -0.25) is 10.1 Å². The lowest BCUT2D eigenvalue weighted by Crippen LogP contribution is -2.31. The molecule has 18 heavy (non-hydrogen) atoms. The molecule has 2 rings (SSSR count). The largest absolute Gasteiger partial charge is 0.377 e. The predicted octanol–water partition coefficient (Wildman–Crippen LogP) is 1.11. The van der Waals surface area contributed by atoms with Crippen molar-refractivity contribution in [1.82, 2.24) is 4.72 Å². The minimum Gasteiger partial charge on any atom is -0.377 e. The molecule has 1 fully saturated rings. The van der Waals surface area contributed by atoms with E-state index in [-0.39, 0.29) is 21.9 Å². The highest BCUT2D eigenvalue weighted by Gasteiger charge is 2.23. The molecule has 0 aromatic carbocycles. The molecule has 9 heteroatoms. The van der Waals surface area contributed by atoms with Gasteiger partial charge >= 0.3 is 5.00 Å². The van der Waals surface area contributed by atoms with Crippen LogP contribution >= 0.6 is 11.3 Å². The standard InChI is InChI=1S/C9H12N2O5S2/c12-11(13)8-3-4-9(17-8)18(14,15)10-6-7-2-1-5-16-7/h3-4,7,10H,1-2,5-6H2/t7-/m1/s1. The highest BCUT2D eigenvalue weighted by atomic mass is 32.2. The molecule has 0 amide bonds. The second-order valence-electron chi connectivity index (χ2n) is 3.84. The number of ether oxygens (including phenoxy) is 1. The van der Waals surface area contributed by atoms with E-state index < -0.39 is 14.9 Å². The molecule has 0 spiro atoms. The Labute approximate surface area is 108 Å². The van der Waals surface area contributed by atoms with Crippen molar-refractivity contribution in [1.29, 1.82) is 0 Å². The lowest BCUT2D eigenvalue weighted by molar-refractivity contribution is -0.380. The van der Waals surface area contributed by atoms with Crippen LogP contribution < -0.4 is 4.72 Å². The van der Waals surface area contributed by atoms with E-state index in [2.05, 4.69) is 4.72 Å². The third-order valence-corrected chi connectivity index (χ3v) is 5.49. The Morgan fingerprint density at radius 2 is 2.33 bits per heavy atom. The van der Waals surface area contributed by atoms with E-state index in [0.29, 0.717) is 17.9 Å². The Morgan fingerprint density at radius 3 is 2.89 bits per heavy atom. The van der Waals surface area contributed by atoms with Crippen LogP contribution in [-0.4, -0.2) is 32.6 Å². The fourth-order valence-corrected chi connectivity index (χ4v) is 3.85. The third-order valence-electron chi connectivity index (χ3n) is 2.54. The molecular weight excluding hydrogens is 280 g/mol. The van der Waals surface area contributed by atoms with Crippen molar-refractivity contribution in [2.75, 3.05) is 13.2 Å². The van der Waals surface area contributed by atoms with Gasteiger partial charge in [0.15, 0.2) is 0 Å². The summed E-state index contributed by atoms with van der Waals surface area (Å²) in [4.78, 5) is 9.88. The van der Waals surface area contributed by atoms with Gasteiger partial charge in [0.05, 0.1) is 11.0 Å². The number of nitro groups is 1. The third kappa shape index (κ3) is 3.05. The van der Waals surface area contributed by atoms with Crippen LogP contribution in [0.5, 0.6) is 0 Å². The number of thiophene rings is 1. The summed E-state index contributed by atoms with van der Waals surface area (Å²) in [5.41, 5.74) is 0. The smallest absolute Gasteiger partial charge is 0.325 e. The number of rotatable bonds is 5. The van der Waals surface area contributed by atoms with Crippen LogP contribution in [0.1, 0.15) is 12.8 Å². The van der Waals surface area contributed by atoms with Crippen molar-refractivity contribution >= 4 is 26.4 Å². The van der Waals surface area contributed by atoms with E-state index in [9.17, 15) is 18.5 Å². The van der Waals surface area contributed by atoms with E-state index in [4.69, 9.17) is 4.74 Å². The molecule has 0 unspecified atom stereocenters. The molecule has 1 N–H and O–H groups in total. The normalized spacial score (nSPS) is 20.1. The zero-order valence-electron chi connectivity index (χ0n) is 9.37. The van der Waals surface area contributed by atoms with E-state index in [1.807, 2.05) is 0 Å². The van der Waals surface area contributed by atoms with Crippen LogP contribution in [0.2, 0.25) is 0 Å². The molecule has 7 nitrogen and oxygen atoms in total. The molecule has 1 aliphatic heterocycles. The average molecular weight is 292 g/mol. The lowest BCUT2D eigenvalue weighted by atomic mass is 10.2. The topological polar surface area (TPSA) is 98.5 Å². The van der Waals surface area contributed by atoms with Crippen molar-refractivity contribution in [2.24, 2.45) is 0 Å². The van der Waals surface area contributed by atoms with Crippen LogP contribution in [0.25, 0.3) is 0 Å². The fourth-order valence-electron chi connectivity index (χ4n) is 1.63. The molecule has 2 heterocycles. The van der Waals surface area contributed by atoms with Crippen molar-refractivity contribution in [3.05, 3.63) is 22.2 Å². The van der Waals surface area contributed by atoms with Gasteiger partial charge in [0.1, 0.15) is 4.21 Å². The van der Waals surface area contributed by atoms with Gasteiger partial charge in [-0.1, -0.05) is 0 Å². The fraction of sp³-hybridized carbons (Fsp3) is 0.556. The molecule has 0 saturated carbocycles. The monoisotopic (exact) mass is 292 g/mol. The first-order valence-corrected chi connectivity index (χ1v) is 7.64. The van der Waals surface area contributed by atoms with E-state index in [1.165, 1.54) is 12.1 Å². The van der Waals surface area contributed by atoms with Gasteiger partial charge in [0.25, 0.3) is 0 Å². The second kappa shape index (κ2) is 5.31. The zero-order chi connectivity index (χ0) is 13.2. The first-order valence-electron chi connectivity index (χ1n) is 5.34. The van der Waals surface area contributed by atoms with E-state index in [0.717, 1.165) is 12.8 Å². The van der Waals surface area contributed by atoms with Gasteiger partial charge in [-0.15, -0.1) is 0 Å². The van der Waals surface area contributed by atoms with Gasteiger partial charge in [0.2, 0.25) is 10.0 Å². The molecule has 0 radical (unpaired) electrons. The summed E-state index contributed by atoms with van der Waals surface area (Å²) in [6.07, 6.45) is 1.65. The van der Waals surface area contributed by atoms with Crippen LogP contribution in [0.15, 0.2) is 16.3 Å². The summed E-state index contributed by atoms with van der Waals surface area (Å²) in [7, 11) is -3.68. The van der Waals surface area contributed by atoms with Gasteiger partial charge in [-0.2, -0.15) is 0 Å². The van der Waals surface area contributed by atoms with Gasteiger partial charge < -0.3 is 4.74 Å². The van der Waals surface area contributed by atoms with Crippen molar-refractivity contribution in [3.8, 4) is 0 Å². The average Bonchev–Trinajstić information content (AvgIpc) is 2.98. The van der Waals surface area contributed by atoms with Crippen LogP contribution in [-0.2, 0) is 14.8 Å². The highest BCUT2D eigenvalue weighted by Crippen LogP contribution is 2.27. The zero-order valence-corrected chi connectivity index (χ0v) is 11.0. The maximum atomic E-state index is 11.8. The van der Waals surface area contributed by atoms with Crippen molar-refractivity contribution < 1.29 is 18.1 Å². The molecular formula is C9H12N2O5S2. The summed E-state index contributed by atoms with van der Waals surface area (Å²) in [5.74, 6) is 0. The Kier molecular flexibility index (Phi) is 3.95. The van der Waals surface area contributed by atoms with Crippen molar-refractivity contribution in [3.63, 3.8) is 0 Å². The maximum absolute atomic E-state index is 11.8. The van der Waals surface area contributed by atoms with Crippen LogP contribution in [0, 0.1) is 10.1 Å². The number of hydrogen-bond acceptors (Lipinski definition) is 6. The van der Waals surface area contributed by atoms with E-state index >= 15 is 0 Å². The first-order chi connectivity index (χ1) is 8.49. The first kappa shape index (κ1) is 13.4. The number of hydrogen-bond donors (Lipinski definition) is 1. The molecule has 1 saturated heterocycles. The number of nitrogens with zero attached hydrogens (tertiary/aromatic N) is 1. The molecule has 100 valence electrons. The van der Waals surface area contributed by atoms with Gasteiger partial charge in [-0.05, 0) is 30.2 Å². The molecule has 1 aromatic rings. The molecule has 0 bridgehead atoms. The minimum absolute atomic E-state index is 0.0489. The molecule has 1 aromatic heterocycles. The maximum Gasteiger partial charge on any atom is 0.325 e. The minimum atomic E-state index is -3.68. The molecule has 1 atom stereocenters. The van der Waals surface area contributed by atoms with Crippen molar-refractivity contribution in [2.45, 2.75) is 23.2 Å². The Balaban J connectivity index is 2.02. The molecule has 1 aliphatic rings. The summed E-state index contributed by atoms with van der Waals surface area (Å²) in [6.45, 7) is 0.852. The Hall–Kier alpha value is -1.03. The summed E-state index contributed by atoms with van der Waals surface area (Å²) >= 11 is 0.640. The van der Waals surface area contributed by atoms with Gasteiger partial charge in [-0.25, -0.2) is 13.1 Å². The lowest BCUT2D eigenvalue weighted by Gasteiger charge is -2.09. The summed E-state index contributed by atoms with van der Waals surface area (Å²) in [5, 5.41) is 10.3. The Morgan fingerprint density at radius 1 is 1.56 bits per heavy atom. The SMILES string of the molecule is O=[N+]([O-])c1ccc(S(=O)(=O)NC[C@H]2CCCO2)s1. The second-order valence-corrected chi connectivity index (χ2v) is 6.89.